The van der Waals surface area contributed by atoms with Crippen molar-refractivity contribution >= 4 is 29.9 Å². The fourth-order valence-corrected chi connectivity index (χ4v) is 1.98. The Morgan fingerprint density at radius 3 is 2.43 bits per heavy atom. The molecular formula is C17H23IN4O. The van der Waals surface area contributed by atoms with Gasteiger partial charge in [-0.3, -0.25) is 4.99 Å². The maximum atomic E-state index is 5.40. The number of guanidine groups is 1. The van der Waals surface area contributed by atoms with Gasteiger partial charge in [-0.05, 0) is 24.1 Å². The van der Waals surface area contributed by atoms with Crippen molar-refractivity contribution in [3.63, 3.8) is 0 Å². The Hall–Kier alpha value is -1.83. The summed E-state index contributed by atoms with van der Waals surface area (Å²) in [5, 5.41) is 6.57. The van der Waals surface area contributed by atoms with Gasteiger partial charge < -0.3 is 15.4 Å². The largest absolute Gasteiger partial charge is 0.478 e. The Labute approximate surface area is 154 Å². The summed E-state index contributed by atoms with van der Waals surface area (Å²) in [6, 6.07) is 14.1. The Morgan fingerprint density at radius 2 is 1.78 bits per heavy atom. The summed E-state index contributed by atoms with van der Waals surface area (Å²) in [5.74, 6) is 1.41. The van der Waals surface area contributed by atoms with Crippen LogP contribution in [-0.2, 0) is 13.1 Å². The molecule has 0 aliphatic carbocycles. The van der Waals surface area contributed by atoms with Crippen LogP contribution in [0.1, 0.15) is 18.1 Å². The van der Waals surface area contributed by atoms with Crippen molar-refractivity contribution in [1.82, 2.24) is 15.6 Å². The molecule has 0 bridgehead atoms. The van der Waals surface area contributed by atoms with Crippen LogP contribution >= 0.6 is 24.0 Å². The van der Waals surface area contributed by atoms with Crippen molar-refractivity contribution in [2.45, 2.75) is 20.0 Å². The third-order valence-corrected chi connectivity index (χ3v) is 3.08. The molecule has 0 unspecified atom stereocenters. The first kappa shape index (κ1) is 19.2. The van der Waals surface area contributed by atoms with Crippen molar-refractivity contribution in [3.8, 4) is 5.88 Å². The zero-order valence-electron chi connectivity index (χ0n) is 13.5. The summed E-state index contributed by atoms with van der Waals surface area (Å²) < 4.78 is 5.40. The smallest absolute Gasteiger partial charge is 0.213 e. The van der Waals surface area contributed by atoms with E-state index in [1.807, 2.05) is 37.3 Å². The van der Waals surface area contributed by atoms with Gasteiger partial charge in [0.1, 0.15) is 0 Å². The highest BCUT2D eigenvalue weighted by molar-refractivity contribution is 14.0. The van der Waals surface area contributed by atoms with E-state index < -0.39 is 0 Å². The highest BCUT2D eigenvalue weighted by atomic mass is 127. The van der Waals surface area contributed by atoms with Gasteiger partial charge >= 0.3 is 0 Å². The van der Waals surface area contributed by atoms with Crippen molar-refractivity contribution in [1.29, 1.82) is 0 Å². The minimum Gasteiger partial charge on any atom is -0.478 e. The third-order valence-electron chi connectivity index (χ3n) is 3.08. The summed E-state index contributed by atoms with van der Waals surface area (Å²) in [6.45, 7) is 3.96. The first-order valence-electron chi connectivity index (χ1n) is 7.38. The zero-order valence-corrected chi connectivity index (χ0v) is 15.8. The third kappa shape index (κ3) is 6.85. The molecule has 124 valence electrons. The SMILES string of the molecule is CCOc1cc(CNC(=NC)NCc2ccccc2)ccn1.I. The van der Waals surface area contributed by atoms with E-state index in [0.717, 1.165) is 18.1 Å². The van der Waals surface area contributed by atoms with Gasteiger partial charge in [0.2, 0.25) is 5.88 Å². The lowest BCUT2D eigenvalue weighted by Crippen LogP contribution is -2.36. The normalized spacial score (nSPS) is 10.6. The van der Waals surface area contributed by atoms with E-state index >= 15 is 0 Å². The number of halogens is 1. The summed E-state index contributed by atoms with van der Waals surface area (Å²) in [5.41, 5.74) is 2.31. The monoisotopic (exact) mass is 426 g/mol. The topological polar surface area (TPSA) is 58.5 Å². The van der Waals surface area contributed by atoms with Gasteiger partial charge in [-0.1, -0.05) is 30.3 Å². The molecule has 2 aromatic rings. The van der Waals surface area contributed by atoms with Crippen molar-refractivity contribution < 1.29 is 4.74 Å². The Bertz CT molecular complexity index is 605. The Balaban J connectivity index is 0.00000264. The van der Waals surface area contributed by atoms with E-state index in [9.17, 15) is 0 Å². The van der Waals surface area contributed by atoms with Gasteiger partial charge in [0.25, 0.3) is 0 Å². The molecule has 0 saturated carbocycles. The van der Waals surface area contributed by atoms with E-state index in [1.54, 1.807) is 13.2 Å². The summed E-state index contributed by atoms with van der Waals surface area (Å²) >= 11 is 0. The number of pyridine rings is 1. The molecule has 1 heterocycles. The number of benzene rings is 1. The van der Waals surface area contributed by atoms with E-state index in [2.05, 4.69) is 32.7 Å². The molecule has 0 spiro atoms. The van der Waals surface area contributed by atoms with E-state index in [0.29, 0.717) is 19.0 Å². The van der Waals surface area contributed by atoms with E-state index in [-0.39, 0.29) is 24.0 Å². The lowest BCUT2D eigenvalue weighted by atomic mass is 10.2. The average molecular weight is 426 g/mol. The minimum absolute atomic E-state index is 0. The molecule has 2 rings (SSSR count). The van der Waals surface area contributed by atoms with Crippen LogP contribution in [0.3, 0.4) is 0 Å². The van der Waals surface area contributed by atoms with Crippen molar-refractivity contribution in [3.05, 3.63) is 59.8 Å². The molecule has 0 atom stereocenters. The predicted molar refractivity (Wildman–Crippen MR) is 104 cm³/mol. The minimum atomic E-state index is 0. The second-order valence-electron chi connectivity index (χ2n) is 4.70. The number of rotatable bonds is 6. The maximum Gasteiger partial charge on any atom is 0.213 e. The van der Waals surface area contributed by atoms with E-state index in [1.165, 1.54) is 5.56 Å². The summed E-state index contributed by atoms with van der Waals surface area (Å²) in [6.07, 6.45) is 1.75. The molecule has 0 radical (unpaired) electrons. The number of hydrogen-bond acceptors (Lipinski definition) is 3. The van der Waals surface area contributed by atoms with Crippen LogP contribution < -0.4 is 15.4 Å². The molecule has 0 aliphatic rings. The fourth-order valence-electron chi connectivity index (χ4n) is 1.98. The Kier molecular flexibility index (Phi) is 9.04. The molecule has 5 nitrogen and oxygen atoms in total. The van der Waals surface area contributed by atoms with Gasteiger partial charge in [0.15, 0.2) is 5.96 Å². The van der Waals surface area contributed by atoms with Crippen LogP contribution in [-0.4, -0.2) is 24.6 Å². The predicted octanol–water partition coefficient (Wildman–Crippen LogP) is 2.96. The second-order valence-corrected chi connectivity index (χ2v) is 4.70. The molecule has 0 amide bonds. The van der Waals surface area contributed by atoms with Crippen LogP contribution in [0.5, 0.6) is 5.88 Å². The van der Waals surface area contributed by atoms with Crippen LogP contribution in [0, 0.1) is 0 Å². The number of nitrogens with one attached hydrogen (secondary N) is 2. The molecule has 2 N–H and O–H groups in total. The standard InChI is InChI=1S/C17H22N4O.HI/c1-3-22-16-11-15(9-10-19-16)13-21-17(18-2)20-12-14-7-5-4-6-8-14;/h4-11H,3,12-13H2,1-2H3,(H2,18,20,21);1H. The number of hydrogen-bond donors (Lipinski definition) is 2. The highest BCUT2D eigenvalue weighted by Crippen LogP contribution is 2.08. The average Bonchev–Trinajstić information content (AvgIpc) is 2.57. The zero-order chi connectivity index (χ0) is 15.6. The molecule has 0 saturated heterocycles. The number of aromatic nitrogens is 1. The van der Waals surface area contributed by atoms with Gasteiger partial charge in [-0.2, -0.15) is 0 Å². The van der Waals surface area contributed by atoms with Crippen molar-refractivity contribution in [2.24, 2.45) is 4.99 Å². The molecule has 0 aliphatic heterocycles. The molecule has 0 fully saturated rings. The van der Waals surface area contributed by atoms with Crippen LogP contribution in [0.25, 0.3) is 0 Å². The van der Waals surface area contributed by atoms with Gasteiger partial charge in [-0.25, -0.2) is 4.98 Å². The van der Waals surface area contributed by atoms with Crippen LogP contribution in [0.2, 0.25) is 0 Å². The summed E-state index contributed by atoms with van der Waals surface area (Å²) in [7, 11) is 1.76. The van der Waals surface area contributed by atoms with Gasteiger partial charge in [0.05, 0.1) is 6.61 Å². The van der Waals surface area contributed by atoms with Gasteiger partial charge in [-0.15, -0.1) is 24.0 Å². The second kappa shape index (κ2) is 10.8. The van der Waals surface area contributed by atoms with Crippen molar-refractivity contribution in [2.75, 3.05) is 13.7 Å². The molecule has 1 aromatic heterocycles. The van der Waals surface area contributed by atoms with Gasteiger partial charge in [0, 0.05) is 32.4 Å². The highest BCUT2D eigenvalue weighted by Gasteiger charge is 2.01. The van der Waals surface area contributed by atoms with Crippen LogP contribution in [0.4, 0.5) is 0 Å². The molecule has 6 heteroatoms. The quantitative estimate of drug-likeness (QED) is 0.424. The fraction of sp³-hybridized carbons (Fsp3) is 0.294. The number of aliphatic imine (C=N–C) groups is 1. The lowest BCUT2D eigenvalue weighted by Gasteiger charge is -2.12. The maximum absolute atomic E-state index is 5.40. The lowest BCUT2D eigenvalue weighted by molar-refractivity contribution is 0.326. The Morgan fingerprint density at radius 1 is 1.09 bits per heavy atom. The molecular weight excluding hydrogens is 403 g/mol. The van der Waals surface area contributed by atoms with E-state index in [4.69, 9.17) is 4.74 Å². The first-order valence-corrected chi connectivity index (χ1v) is 7.38. The van der Waals surface area contributed by atoms with Crippen LogP contribution in [0.15, 0.2) is 53.7 Å². The molecule has 23 heavy (non-hydrogen) atoms. The number of nitrogens with zero attached hydrogens (tertiary/aromatic N) is 2. The number of ether oxygens (including phenoxy) is 1. The molecule has 1 aromatic carbocycles. The summed E-state index contributed by atoms with van der Waals surface area (Å²) in [4.78, 5) is 8.38. The first-order chi connectivity index (χ1) is 10.8.